The average molecular weight is 418 g/mol. The van der Waals surface area contributed by atoms with E-state index in [2.05, 4.69) is 4.98 Å². The topological polar surface area (TPSA) is 62.7 Å². The van der Waals surface area contributed by atoms with Crippen LogP contribution in [0.3, 0.4) is 0 Å². The van der Waals surface area contributed by atoms with E-state index in [1.165, 1.54) is 6.42 Å². The molecule has 0 bridgehead atoms. The largest absolute Gasteiger partial charge is 0.484 e. The van der Waals surface area contributed by atoms with Crippen molar-refractivity contribution in [2.75, 3.05) is 26.7 Å². The number of amides is 2. The van der Waals surface area contributed by atoms with Gasteiger partial charge in [-0.05, 0) is 55.2 Å². The Labute approximate surface area is 182 Å². The van der Waals surface area contributed by atoms with Crippen LogP contribution in [0.2, 0.25) is 0 Å². The van der Waals surface area contributed by atoms with Crippen LogP contribution in [0.25, 0.3) is 10.9 Å². The lowest BCUT2D eigenvalue weighted by Crippen LogP contribution is -2.38. The Morgan fingerprint density at radius 3 is 2.52 bits per heavy atom. The third-order valence-corrected chi connectivity index (χ3v) is 5.64. The van der Waals surface area contributed by atoms with Crippen LogP contribution >= 0.6 is 0 Å². The Hall–Kier alpha value is -3.41. The first-order chi connectivity index (χ1) is 15.1. The number of benzene rings is 2. The predicted molar refractivity (Wildman–Crippen MR) is 120 cm³/mol. The molecule has 6 heteroatoms. The minimum Gasteiger partial charge on any atom is -0.484 e. The second-order valence-electron chi connectivity index (χ2n) is 7.91. The molecule has 0 atom stereocenters. The van der Waals surface area contributed by atoms with E-state index in [-0.39, 0.29) is 18.4 Å². The second kappa shape index (κ2) is 9.60. The molecule has 1 aliphatic rings. The minimum atomic E-state index is -0.0797. The first kappa shape index (κ1) is 20.8. The van der Waals surface area contributed by atoms with Crippen LogP contribution in [-0.4, -0.2) is 53.3 Å². The summed E-state index contributed by atoms with van der Waals surface area (Å²) in [5.41, 5.74) is 2.49. The van der Waals surface area contributed by atoms with Crippen molar-refractivity contribution in [2.45, 2.75) is 25.8 Å². The standard InChI is InChI=1S/C25H27N3O3/c1-27(17-21-8-5-7-19-9-6-14-26-24(19)21)25(30)20-10-12-22(13-11-20)31-18-23(29)28-15-3-2-4-16-28/h5-14H,2-4,15-18H2,1H3. The van der Waals surface area contributed by atoms with E-state index in [4.69, 9.17) is 4.74 Å². The van der Waals surface area contributed by atoms with Crippen LogP contribution in [0.4, 0.5) is 0 Å². The number of pyridine rings is 1. The van der Waals surface area contributed by atoms with Gasteiger partial charge in [0.15, 0.2) is 6.61 Å². The van der Waals surface area contributed by atoms with Gasteiger partial charge < -0.3 is 14.5 Å². The smallest absolute Gasteiger partial charge is 0.260 e. The van der Waals surface area contributed by atoms with E-state index in [1.54, 1.807) is 42.4 Å². The van der Waals surface area contributed by atoms with Crippen molar-refractivity contribution in [3.63, 3.8) is 0 Å². The van der Waals surface area contributed by atoms with Gasteiger partial charge in [0.25, 0.3) is 11.8 Å². The number of fused-ring (bicyclic) bond motifs is 1. The molecule has 1 aliphatic heterocycles. The normalized spacial score (nSPS) is 13.8. The first-order valence-corrected chi connectivity index (χ1v) is 10.7. The van der Waals surface area contributed by atoms with Crippen LogP contribution in [0.1, 0.15) is 35.2 Å². The van der Waals surface area contributed by atoms with E-state index in [9.17, 15) is 9.59 Å². The highest BCUT2D eigenvalue weighted by Crippen LogP contribution is 2.19. The highest BCUT2D eigenvalue weighted by molar-refractivity contribution is 5.94. The molecule has 160 valence electrons. The number of carbonyl (C=O) groups excluding carboxylic acids is 2. The fourth-order valence-corrected chi connectivity index (χ4v) is 3.92. The highest BCUT2D eigenvalue weighted by Gasteiger charge is 2.17. The Kier molecular flexibility index (Phi) is 6.46. The molecule has 0 N–H and O–H groups in total. The number of hydrogen-bond acceptors (Lipinski definition) is 4. The summed E-state index contributed by atoms with van der Waals surface area (Å²) in [5, 5.41) is 1.06. The molecule has 4 rings (SSSR count). The van der Waals surface area contributed by atoms with E-state index >= 15 is 0 Å². The van der Waals surface area contributed by atoms with Gasteiger partial charge in [-0.2, -0.15) is 0 Å². The number of carbonyl (C=O) groups is 2. The summed E-state index contributed by atoms with van der Waals surface area (Å²) in [7, 11) is 1.78. The van der Waals surface area contributed by atoms with Crippen molar-refractivity contribution in [1.82, 2.24) is 14.8 Å². The van der Waals surface area contributed by atoms with Crippen LogP contribution in [0.15, 0.2) is 60.8 Å². The summed E-state index contributed by atoms with van der Waals surface area (Å²) in [5.74, 6) is 0.523. The summed E-state index contributed by atoms with van der Waals surface area (Å²) in [4.78, 5) is 33.1. The monoisotopic (exact) mass is 417 g/mol. The van der Waals surface area contributed by atoms with Gasteiger partial charge in [0, 0.05) is 43.8 Å². The van der Waals surface area contributed by atoms with Crippen molar-refractivity contribution < 1.29 is 14.3 Å². The second-order valence-corrected chi connectivity index (χ2v) is 7.91. The molecule has 2 heterocycles. The molecule has 2 aromatic carbocycles. The van der Waals surface area contributed by atoms with Gasteiger partial charge in [-0.1, -0.05) is 24.3 Å². The molecule has 1 aromatic heterocycles. The van der Waals surface area contributed by atoms with Gasteiger partial charge in [0.2, 0.25) is 0 Å². The molecule has 0 aliphatic carbocycles. The van der Waals surface area contributed by atoms with Crippen LogP contribution in [0.5, 0.6) is 5.75 Å². The maximum atomic E-state index is 12.9. The van der Waals surface area contributed by atoms with E-state index < -0.39 is 0 Å². The quantitative estimate of drug-likeness (QED) is 0.610. The molecule has 3 aromatic rings. The summed E-state index contributed by atoms with van der Waals surface area (Å²) in [6, 6.07) is 16.9. The summed E-state index contributed by atoms with van der Waals surface area (Å²) < 4.78 is 5.64. The maximum Gasteiger partial charge on any atom is 0.260 e. The van der Waals surface area contributed by atoms with Gasteiger partial charge in [-0.25, -0.2) is 0 Å². The van der Waals surface area contributed by atoms with Crippen molar-refractivity contribution in [3.8, 4) is 5.75 Å². The molecular weight excluding hydrogens is 390 g/mol. The Balaban J connectivity index is 1.35. The van der Waals surface area contributed by atoms with E-state index in [0.717, 1.165) is 42.4 Å². The zero-order chi connectivity index (χ0) is 21.6. The lowest BCUT2D eigenvalue weighted by molar-refractivity contribution is -0.134. The molecule has 31 heavy (non-hydrogen) atoms. The number of para-hydroxylation sites is 1. The van der Waals surface area contributed by atoms with Crippen LogP contribution < -0.4 is 4.74 Å². The zero-order valence-corrected chi connectivity index (χ0v) is 17.8. The molecule has 0 radical (unpaired) electrons. The minimum absolute atomic E-state index is 0.0169. The number of rotatable bonds is 6. The Morgan fingerprint density at radius 1 is 1.00 bits per heavy atom. The average Bonchev–Trinajstić information content (AvgIpc) is 2.83. The van der Waals surface area contributed by atoms with E-state index in [1.807, 2.05) is 35.2 Å². The van der Waals surface area contributed by atoms with Gasteiger partial charge in [-0.3, -0.25) is 14.6 Å². The Morgan fingerprint density at radius 2 is 1.74 bits per heavy atom. The number of hydrogen-bond donors (Lipinski definition) is 0. The number of aromatic nitrogens is 1. The van der Waals surface area contributed by atoms with Gasteiger partial charge in [-0.15, -0.1) is 0 Å². The number of piperidine rings is 1. The number of likely N-dealkylation sites (tertiary alicyclic amines) is 1. The molecule has 0 unspecified atom stereocenters. The lowest BCUT2D eigenvalue weighted by Gasteiger charge is -2.26. The maximum absolute atomic E-state index is 12.9. The van der Waals surface area contributed by atoms with Gasteiger partial charge >= 0.3 is 0 Å². The molecule has 0 spiro atoms. The van der Waals surface area contributed by atoms with Gasteiger partial charge in [0.05, 0.1) is 5.52 Å². The predicted octanol–water partition coefficient (Wildman–Crippen LogP) is 3.90. The fraction of sp³-hybridized carbons (Fsp3) is 0.320. The molecule has 2 amide bonds. The van der Waals surface area contributed by atoms with Gasteiger partial charge in [0.1, 0.15) is 5.75 Å². The lowest BCUT2D eigenvalue weighted by atomic mass is 10.1. The van der Waals surface area contributed by atoms with Crippen LogP contribution in [-0.2, 0) is 11.3 Å². The van der Waals surface area contributed by atoms with Crippen LogP contribution in [0, 0.1) is 0 Å². The summed E-state index contributed by atoms with van der Waals surface area (Å²) >= 11 is 0. The third-order valence-electron chi connectivity index (χ3n) is 5.64. The number of nitrogens with zero attached hydrogens (tertiary/aromatic N) is 3. The van der Waals surface area contributed by atoms with Crippen molar-refractivity contribution in [3.05, 3.63) is 71.9 Å². The molecular formula is C25H27N3O3. The van der Waals surface area contributed by atoms with Crippen molar-refractivity contribution in [1.29, 1.82) is 0 Å². The van der Waals surface area contributed by atoms with E-state index in [0.29, 0.717) is 17.9 Å². The Bertz CT molecular complexity index is 1050. The zero-order valence-electron chi connectivity index (χ0n) is 17.8. The molecule has 0 saturated carbocycles. The molecule has 6 nitrogen and oxygen atoms in total. The van der Waals surface area contributed by atoms with Crippen molar-refractivity contribution in [2.24, 2.45) is 0 Å². The molecule has 1 saturated heterocycles. The summed E-state index contributed by atoms with van der Waals surface area (Å²) in [6.45, 7) is 2.12. The third kappa shape index (κ3) is 5.02. The number of ether oxygens (including phenoxy) is 1. The fourth-order valence-electron chi connectivity index (χ4n) is 3.92. The molecule has 1 fully saturated rings. The SMILES string of the molecule is CN(Cc1cccc2cccnc12)C(=O)c1ccc(OCC(=O)N2CCCCC2)cc1. The van der Waals surface area contributed by atoms with Crippen molar-refractivity contribution >= 4 is 22.7 Å². The first-order valence-electron chi connectivity index (χ1n) is 10.7. The summed E-state index contributed by atoms with van der Waals surface area (Å²) in [6.07, 6.45) is 5.07. The highest BCUT2D eigenvalue weighted by atomic mass is 16.5.